The highest BCUT2D eigenvalue weighted by Gasteiger charge is 2.37. The lowest BCUT2D eigenvalue weighted by molar-refractivity contribution is -0.122. The third-order valence-electron chi connectivity index (χ3n) is 6.16. The number of ether oxygens (including phenoxy) is 4. The Bertz CT molecular complexity index is 1680. The zero-order valence-corrected chi connectivity index (χ0v) is 28.0. The molecule has 11 nitrogen and oxygen atoms in total. The molecule has 3 aromatic rings. The quantitative estimate of drug-likeness (QED) is 0.122. The van der Waals surface area contributed by atoms with Gasteiger partial charge in [0.05, 0.1) is 39.6 Å². The highest BCUT2D eigenvalue weighted by molar-refractivity contribution is 14.1. The van der Waals surface area contributed by atoms with Gasteiger partial charge in [-0.25, -0.2) is 9.69 Å². The number of hydrogen-bond acceptors (Lipinski definition) is 8. The molecule has 1 fully saturated rings. The Hall–Kier alpha value is -4.01. The van der Waals surface area contributed by atoms with Crippen LogP contribution < -0.4 is 34.5 Å². The van der Waals surface area contributed by atoms with Crippen LogP contribution in [0.5, 0.6) is 23.0 Å². The topological polar surface area (TPSA) is 132 Å². The van der Waals surface area contributed by atoms with Gasteiger partial charge in [0.15, 0.2) is 29.6 Å². The summed E-state index contributed by atoms with van der Waals surface area (Å²) in [5.74, 6) is -0.800. The smallest absolute Gasteiger partial charge is 0.335 e. The van der Waals surface area contributed by atoms with E-state index in [-0.39, 0.29) is 36.0 Å². The lowest BCUT2D eigenvalue weighted by Gasteiger charge is -2.27. The van der Waals surface area contributed by atoms with Crippen molar-refractivity contribution in [2.75, 3.05) is 37.1 Å². The fourth-order valence-corrected chi connectivity index (χ4v) is 5.25. The Morgan fingerprint density at radius 1 is 0.956 bits per heavy atom. The molecule has 1 aliphatic rings. The number of anilines is 2. The van der Waals surface area contributed by atoms with Crippen molar-refractivity contribution in [3.63, 3.8) is 0 Å². The summed E-state index contributed by atoms with van der Waals surface area (Å²) in [6.45, 7) is 4.11. The van der Waals surface area contributed by atoms with Crippen molar-refractivity contribution in [1.82, 2.24) is 5.32 Å². The number of methoxy groups -OCH3 is 1. The summed E-state index contributed by atoms with van der Waals surface area (Å²) < 4.78 is 23.1. The first kappa shape index (κ1) is 33.9. The summed E-state index contributed by atoms with van der Waals surface area (Å²) in [7, 11) is 1.44. The molecule has 0 radical (unpaired) electrons. The summed E-state index contributed by atoms with van der Waals surface area (Å²) in [5, 5.41) is 5.54. The monoisotopic (exact) mass is 767 g/mol. The molecule has 0 aliphatic carbocycles. The number of carbonyl (C=O) groups is 4. The minimum absolute atomic E-state index is 0.184. The molecule has 1 heterocycles. The number of amides is 5. The minimum atomic E-state index is -0.904. The molecule has 0 bridgehead atoms. The maximum atomic E-state index is 13.5. The van der Waals surface area contributed by atoms with E-state index in [4.69, 9.17) is 42.1 Å². The van der Waals surface area contributed by atoms with Crippen LogP contribution in [0.25, 0.3) is 6.08 Å². The van der Waals surface area contributed by atoms with E-state index in [0.29, 0.717) is 43.0 Å². The van der Waals surface area contributed by atoms with Gasteiger partial charge in [0.25, 0.3) is 17.7 Å². The van der Waals surface area contributed by atoms with Gasteiger partial charge >= 0.3 is 6.03 Å². The maximum Gasteiger partial charge on any atom is 0.335 e. The summed E-state index contributed by atoms with van der Waals surface area (Å²) >= 11 is 13.9. The van der Waals surface area contributed by atoms with Gasteiger partial charge in [0.1, 0.15) is 5.57 Å². The van der Waals surface area contributed by atoms with Crippen molar-refractivity contribution in [3.05, 3.63) is 73.3 Å². The van der Waals surface area contributed by atoms with Crippen LogP contribution in [-0.4, -0.2) is 50.7 Å². The number of barbiturate groups is 1. The molecular formula is C31H28Cl2IN3O8. The second-order valence-electron chi connectivity index (χ2n) is 9.37. The number of carbonyl (C=O) groups excluding carboxylic acids is 4. The predicted octanol–water partition coefficient (Wildman–Crippen LogP) is 6.48. The number of hydrogen-bond donors (Lipinski definition) is 2. The average molecular weight is 768 g/mol. The van der Waals surface area contributed by atoms with Crippen LogP contribution in [0.1, 0.15) is 25.8 Å². The van der Waals surface area contributed by atoms with Gasteiger partial charge in [0.2, 0.25) is 0 Å². The lowest BCUT2D eigenvalue weighted by Crippen LogP contribution is -2.54. The highest BCUT2D eigenvalue weighted by atomic mass is 127. The SMILES string of the molecule is CCCOc1ccc(N2C(=O)NC(=O)/C(=C/c3cc(I)c(OCC(=O)Nc4ccc(Cl)c(Cl)c4)c(OCC)c3)C2=O)cc1OC. The van der Waals surface area contributed by atoms with Crippen LogP contribution in [0.2, 0.25) is 10.0 Å². The largest absolute Gasteiger partial charge is 0.493 e. The number of benzene rings is 3. The van der Waals surface area contributed by atoms with E-state index in [1.807, 2.05) is 29.5 Å². The highest BCUT2D eigenvalue weighted by Crippen LogP contribution is 2.36. The summed E-state index contributed by atoms with van der Waals surface area (Å²) in [6.07, 6.45) is 2.12. The summed E-state index contributed by atoms with van der Waals surface area (Å²) in [4.78, 5) is 52.5. The molecule has 3 aromatic carbocycles. The van der Waals surface area contributed by atoms with Crippen LogP contribution >= 0.6 is 45.8 Å². The van der Waals surface area contributed by atoms with Gasteiger partial charge in [-0.3, -0.25) is 19.7 Å². The van der Waals surface area contributed by atoms with Crippen molar-refractivity contribution in [2.24, 2.45) is 0 Å². The first-order valence-electron chi connectivity index (χ1n) is 13.6. The van der Waals surface area contributed by atoms with Crippen molar-refractivity contribution in [3.8, 4) is 23.0 Å². The fourth-order valence-electron chi connectivity index (χ4n) is 4.17. The fraction of sp³-hybridized carbons (Fsp3) is 0.226. The number of nitrogens with one attached hydrogen (secondary N) is 2. The number of nitrogens with zero attached hydrogens (tertiary/aromatic N) is 1. The van der Waals surface area contributed by atoms with Gasteiger partial charge in [-0.15, -0.1) is 0 Å². The van der Waals surface area contributed by atoms with E-state index in [9.17, 15) is 19.2 Å². The third kappa shape index (κ3) is 8.18. The van der Waals surface area contributed by atoms with Gasteiger partial charge in [-0.1, -0.05) is 30.1 Å². The molecule has 1 saturated heterocycles. The normalized spacial score (nSPS) is 13.9. The van der Waals surface area contributed by atoms with Crippen LogP contribution in [-0.2, 0) is 14.4 Å². The van der Waals surface area contributed by atoms with Crippen LogP contribution in [0.15, 0.2) is 54.1 Å². The van der Waals surface area contributed by atoms with Gasteiger partial charge in [0, 0.05) is 11.8 Å². The number of urea groups is 1. The third-order valence-corrected chi connectivity index (χ3v) is 7.70. The van der Waals surface area contributed by atoms with Crippen molar-refractivity contribution in [1.29, 1.82) is 0 Å². The molecule has 14 heteroatoms. The zero-order chi connectivity index (χ0) is 32.7. The second kappa shape index (κ2) is 15.3. The molecule has 45 heavy (non-hydrogen) atoms. The molecule has 4 rings (SSSR count). The van der Waals surface area contributed by atoms with E-state index in [1.165, 1.54) is 31.4 Å². The lowest BCUT2D eigenvalue weighted by atomic mass is 10.1. The summed E-state index contributed by atoms with van der Waals surface area (Å²) in [6, 6.07) is 11.6. The Morgan fingerprint density at radius 3 is 2.42 bits per heavy atom. The second-order valence-corrected chi connectivity index (χ2v) is 11.3. The van der Waals surface area contributed by atoms with Crippen LogP contribution in [0, 0.1) is 3.57 Å². The van der Waals surface area contributed by atoms with Crippen molar-refractivity contribution in [2.45, 2.75) is 20.3 Å². The number of halogens is 3. The Balaban J connectivity index is 1.58. The van der Waals surface area contributed by atoms with E-state index >= 15 is 0 Å². The first-order chi connectivity index (χ1) is 21.6. The van der Waals surface area contributed by atoms with E-state index in [0.717, 1.165) is 11.3 Å². The Morgan fingerprint density at radius 2 is 1.73 bits per heavy atom. The average Bonchev–Trinajstić information content (AvgIpc) is 3.00. The Labute approximate surface area is 282 Å². The summed E-state index contributed by atoms with van der Waals surface area (Å²) in [5.41, 5.74) is 0.767. The van der Waals surface area contributed by atoms with Crippen LogP contribution in [0.4, 0.5) is 16.2 Å². The van der Waals surface area contributed by atoms with Gasteiger partial charge < -0.3 is 24.3 Å². The molecule has 0 spiro atoms. The van der Waals surface area contributed by atoms with Gasteiger partial charge in [-0.2, -0.15) is 0 Å². The molecule has 0 aromatic heterocycles. The standard InChI is InChI=1S/C31H28Cl2IN3O8/c1-4-10-44-24-9-7-19(15-25(24)42-3)37-30(40)20(29(39)36-31(37)41)11-17-12-23(34)28(26(13-17)43-5-2)45-16-27(38)35-18-6-8-21(32)22(33)14-18/h6-9,11-15H,4-5,10,16H2,1-3H3,(H,35,38)(H,36,39,41)/b20-11-. The number of rotatable bonds is 12. The zero-order valence-electron chi connectivity index (χ0n) is 24.4. The van der Waals surface area contributed by atoms with Crippen molar-refractivity contribution < 1.29 is 38.1 Å². The van der Waals surface area contributed by atoms with Crippen molar-refractivity contribution >= 4 is 87.0 Å². The minimum Gasteiger partial charge on any atom is -0.493 e. The number of imide groups is 2. The van der Waals surface area contributed by atoms with E-state index in [1.54, 1.807) is 37.3 Å². The Kier molecular flexibility index (Phi) is 11.5. The first-order valence-corrected chi connectivity index (χ1v) is 15.5. The molecule has 0 unspecified atom stereocenters. The molecular weight excluding hydrogens is 740 g/mol. The van der Waals surface area contributed by atoms with Gasteiger partial charge in [-0.05, 0) is 90.0 Å². The molecule has 236 valence electrons. The maximum absolute atomic E-state index is 13.5. The molecule has 0 saturated carbocycles. The molecule has 2 N–H and O–H groups in total. The van der Waals surface area contributed by atoms with Crippen LogP contribution in [0.3, 0.4) is 0 Å². The van der Waals surface area contributed by atoms with E-state index < -0.39 is 23.8 Å². The molecule has 1 aliphatic heterocycles. The van der Waals surface area contributed by atoms with E-state index in [2.05, 4.69) is 10.6 Å². The molecule has 0 atom stereocenters. The molecule has 5 amide bonds. The predicted molar refractivity (Wildman–Crippen MR) is 179 cm³/mol.